The maximum atomic E-state index is 5.21. The summed E-state index contributed by atoms with van der Waals surface area (Å²) in [5.74, 6) is 0. The Morgan fingerprint density at radius 3 is 2.77 bits per heavy atom. The molecule has 1 N–H and O–H groups in total. The number of hydrogen-bond donors (Lipinski definition) is 1. The molecule has 72 valence electrons. The zero-order chi connectivity index (χ0) is 9.47. The molecule has 1 aromatic heterocycles. The summed E-state index contributed by atoms with van der Waals surface area (Å²) in [5.41, 5.74) is 1.15. The van der Waals surface area contributed by atoms with Crippen LogP contribution in [0.4, 0.5) is 0 Å². The molecule has 1 fully saturated rings. The molecule has 1 aromatic rings. The summed E-state index contributed by atoms with van der Waals surface area (Å²) in [5, 5.41) is 0. The average Bonchev–Trinajstić information content (AvgIpc) is 2.77. The number of aromatic nitrogens is 2. The van der Waals surface area contributed by atoms with Crippen LogP contribution >= 0.6 is 24.0 Å². The van der Waals surface area contributed by atoms with Gasteiger partial charge in [-0.1, -0.05) is 0 Å². The van der Waals surface area contributed by atoms with Gasteiger partial charge < -0.3 is 9.55 Å². The number of imidazole rings is 1. The molecule has 0 unspecified atom stereocenters. The molecular weight excluding hydrogens is 200 g/mol. The lowest BCUT2D eigenvalue weighted by Crippen LogP contribution is -2.12. The monoisotopic (exact) mass is 214 g/mol. The minimum atomic E-state index is 0.493. The van der Waals surface area contributed by atoms with Gasteiger partial charge in [-0.3, -0.25) is 0 Å². The zero-order valence-electron chi connectivity index (χ0n) is 7.96. The molecule has 0 aliphatic heterocycles. The van der Waals surface area contributed by atoms with Gasteiger partial charge in [0.1, 0.15) is 0 Å². The van der Waals surface area contributed by atoms with Crippen molar-refractivity contribution < 1.29 is 0 Å². The van der Waals surface area contributed by atoms with E-state index in [1.807, 2.05) is 18.7 Å². The third-order valence-corrected chi connectivity index (χ3v) is 4.35. The smallest absolute Gasteiger partial charge is 0.177 e. The van der Waals surface area contributed by atoms with Gasteiger partial charge in [0.15, 0.2) is 4.77 Å². The van der Waals surface area contributed by atoms with Crippen molar-refractivity contribution in [2.75, 3.05) is 6.26 Å². The van der Waals surface area contributed by atoms with Crippen LogP contribution in [0.2, 0.25) is 0 Å². The molecule has 1 aliphatic carbocycles. The van der Waals surface area contributed by atoms with Crippen LogP contribution in [-0.2, 0) is 6.54 Å². The normalized spacial score (nSPS) is 18.9. The first-order chi connectivity index (χ1) is 6.15. The summed E-state index contributed by atoms with van der Waals surface area (Å²) in [6.07, 6.45) is 6.97. The number of nitrogens with one attached hydrogen (secondary N) is 1. The summed E-state index contributed by atoms with van der Waals surface area (Å²) in [7, 11) is 0. The lowest BCUT2D eigenvalue weighted by Gasteiger charge is -2.11. The number of hydrogen-bond acceptors (Lipinski definition) is 2. The molecule has 0 bridgehead atoms. The quantitative estimate of drug-likeness (QED) is 0.781. The molecule has 0 amide bonds. The highest BCUT2D eigenvalue weighted by atomic mass is 32.2. The van der Waals surface area contributed by atoms with E-state index in [-0.39, 0.29) is 0 Å². The number of aryl methyl sites for hydroxylation is 1. The van der Waals surface area contributed by atoms with E-state index >= 15 is 0 Å². The van der Waals surface area contributed by atoms with Gasteiger partial charge in [0.25, 0.3) is 0 Å². The van der Waals surface area contributed by atoms with Crippen molar-refractivity contribution in [3.63, 3.8) is 0 Å². The van der Waals surface area contributed by atoms with E-state index in [0.29, 0.717) is 4.75 Å². The molecule has 2 nitrogen and oxygen atoms in total. The third-order valence-electron chi connectivity index (χ3n) is 2.61. The van der Waals surface area contributed by atoms with E-state index in [9.17, 15) is 0 Å². The highest BCUT2D eigenvalue weighted by molar-refractivity contribution is 8.00. The van der Waals surface area contributed by atoms with Crippen LogP contribution in [0.1, 0.15) is 18.5 Å². The minimum Gasteiger partial charge on any atom is -0.335 e. The second-order valence-electron chi connectivity index (χ2n) is 3.76. The van der Waals surface area contributed by atoms with Crippen molar-refractivity contribution in [2.45, 2.75) is 31.1 Å². The Morgan fingerprint density at radius 2 is 2.38 bits per heavy atom. The molecule has 1 aliphatic rings. The highest BCUT2D eigenvalue weighted by Gasteiger charge is 2.42. The second-order valence-corrected chi connectivity index (χ2v) is 5.42. The van der Waals surface area contributed by atoms with Gasteiger partial charge >= 0.3 is 0 Å². The third kappa shape index (κ3) is 1.83. The molecule has 0 aromatic carbocycles. The number of thioether (sulfide) groups is 1. The van der Waals surface area contributed by atoms with Crippen molar-refractivity contribution in [3.05, 3.63) is 16.7 Å². The summed E-state index contributed by atoms with van der Waals surface area (Å²) in [6, 6.07) is 0. The molecule has 0 radical (unpaired) electrons. The maximum absolute atomic E-state index is 5.21. The standard InChI is InChI=1S/C9H14N2S2/c1-7-5-11(8(12)10-7)6-9(13-2)3-4-9/h5H,3-4,6H2,1-2H3,(H,10,12). The van der Waals surface area contributed by atoms with Crippen LogP contribution in [0.3, 0.4) is 0 Å². The van der Waals surface area contributed by atoms with Gasteiger partial charge in [0.2, 0.25) is 0 Å². The van der Waals surface area contributed by atoms with E-state index < -0.39 is 0 Å². The van der Waals surface area contributed by atoms with Crippen molar-refractivity contribution >= 4 is 24.0 Å². The van der Waals surface area contributed by atoms with E-state index in [1.54, 1.807) is 0 Å². The lowest BCUT2D eigenvalue weighted by atomic mass is 10.4. The van der Waals surface area contributed by atoms with Gasteiger partial charge in [-0.2, -0.15) is 11.8 Å². The zero-order valence-corrected chi connectivity index (χ0v) is 9.60. The SMILES string of the molecule is CSC1(Cn2cc(C)[nH]c2=S)CC1. The Morgan fingerprint density at radius 1 is 1.69 bits per heavy atom. The largest absolute Gasteiger partial charge is 0.335 e. The first-order valence-electron chi connectivity index (χ1n) is 4.46. The summed E-state index contributed by atoms with van der Waals surface area (Å²) in [4.78, 5) is 3.15. The van der Waals surface area contributed by atoms with Gasteiger partial charge in [0.05, 0.1) is 0 Å². The van der Waals surface area contributed by atoms with E-state index in [2.05, 4.69) is 22.0 Å². The summed E-state index contributed by atoms with van der Waals surface area (Å²) < 4.78 is 3.51. The van der Waals surface area contributed by atoms with Crippen molar-refractivity contribution in [2.24, 2.45) is 0 Å². The predicted molar refractivity (Wildman–Crippen MR) is 59.8 cm³/mol. The van der Waals surface area contributed by atoms with Gasteiger partial charge in [-0.15, -0.1) is 0 Å². The fraction of sp³-hybridized carbons (Fsp3) is 0.667. The Labute approximate surface area is 87.7 Å². The molecule has 1 saturated carbocycles. The topological polar surface area (TPSA) is 20.7 Å². The Bertz CT molecular complexity index is 360. The molecule has 0 saturated heterocycles. The number of rotatable bonds is 3. The molecule has 13 heavy (non-hydrogen) atoms. The Hall–Kier alpha value is -0.220. The minimum absolute atomic E-state index is 0.493. The first-order valence-corrected chi connectivity index (χ1v) is 6.10. The molecule has 1 heterocycles. The van der Waals surface area contributed by atoms with Crippen LogP contribution in [0.25, 0.3) is 0 Å². The molecule has 2 rings (SSSR count). The van der Waals surface area contributed by atoms with Crippen molar-refractivity contribution in [3.8, 4) is 0 Å². The van der Waals surface area contributed by atoms with Gasteiger partial charge in [-0.25, -0.2) is 0 Å². The summed E-state index contributed by atoms with van der Waals surface area (Å²) in [6.45, 7) is 3.11. The molecule has 4 heteroatoms. The average molecular weight is 214 g/mol. The fourth-order valence-corrected chi connectivity index (χ4v) is 2.62. The van der Waals surface area contributed by atoms with Crippen LogP contribution in [0.15, 0.2) is 6.20 Å². The number of aromatic amines is 1. The van der Waals surface area contributed by atoms with Crippen LogP contribution < -0.4 is 0 Å². The Balaban J connectivity index is 2.18. The predicted octanol–water partition coefficient (Wildman–Crippen LogP) is 2.75. The highest BCUT2D eigenvalue weighted by Crippen LogP contribution is 2.48. The summed E-state index contributed by atoms with van der Waals surface area (Å²) >= 11 is 7.18. The van der Waals surface area contributed by atoms with Crippen LogP contribution in [0, 0.1) is 11.7 Å². The lowest BCUT2D eigenvalue weighted by molar-refractivity contribution is 0.652. The number of H-pyrrole nitrogens is 1. The van der Waals surface area contributed by atoms with Crippen molar-refractivity contribution in [1.29, 1.82) is 0 Å². The van der Waals surface area contributed by atoms with Crippen LogP contribution in [-0.4, -0.2) is 20.6 Å². The number of nitrogens with zero attached hydrogens (tertiary/aromatic N) is 1. The fourth-order valence-electron chi connectivity index (χ4n) is 1.56. The van der Waals surface area contributed by atoms with E-state index in [1.165, 1.54) is 12.8 Å². The molecule has 0 atom stereocenters. The Kier molecular flexibility index (Phi) is 2.28. The molecular formula is C9H14N2S2. The van der Waals surface area contributed by atoms with Gasteiger partial charge in [-0.05, 0) is 38.2 Å². The van der Waals surface area contributed by atoms with Crippen LogP contribution in [0.5, 0.6) is 0 Å². The first kappa shape index (κ1) is 9.34. The molecule has 0 spiro atoms. The van der Waals surface area contributed by atoms with E-state index in [4.69, 9.17) is 12.2 Å². The van der Waals surface area contributed by atoms with Gasteiger partial charge in [0, 0.05) is 23.2 Å². The van der Waals surface area contributed by atoms with E-state index in [0.717, 1.165) is 17.0 Å². The second kappa shape index (κ2) is 3.17. The van der Waals surface area contributed by atoms with Crippen molar-refractivity contribution in [1.82, 2.24) is 9.55 Å². The maximum Gasteiger partial charge on any atom is 0.177 e.